The zero-order valence-corrected chi connectivity index (χ0v) is 26.3. The quantitative estimate of drug-likeness (QED) is 0.170. The minimum absolute atomic E-state index is 0.00961. The van der Waals surface area contributed by atoms with Crippen molar-refractivity contribution >= 4 is 73.4 Å². The van der Waals surface area contributed by atoms with Crippen LogP contribution in [0, 0.1) is 0 Å². The fraction of sp³-hybridized carbons (Fsp3) is 0.114. The van der Waals surface area contributed by atoms with Gasteiger partial charge < -0.3 is 0 Å². The Balaban J connectivity index is 1.21. The number of carbonyl (C=O) groups is 1. The third-order valence-corrected chi connectivity index (χ3v) is 12.3. The summed E-state index contributed by atoms with van der Waals surface area (Å²) in [4.78, 5) is 19.6. The van der Waals surface area contributed by atoms with E-state index in [9.17, 15) is 0 Å². The molecule has 48 heavy (non-hydrogen) atoms. The van der Waals surface area contributed by atoms with Crippen LogP contribution >= 0.6 is 0 Å². The van der Waals surface area contributed by atoms with Gasteiger partial charge in [-0.15, -0.1) is 0 Å². The predicted octanol–water partition coefficient (Wildman–Crippen LogP) is 9.05. The smallest absolute Gasteiger partial charge is 0.263 e. The predicted molar refractivity (Wildman–Crippen MR) is 199 cm³/mol. The first-order valence-corrected chi connectivity index (χ1v) is 17.3. The highest BCUT2D eigenvalue weighted by molar-refractivity contribution is 7.01. The summed E-state index contributed by atoms with van der Waals surface area (Å²) >= 11 is 0. The lowest BCUT2D eigenvalue weighted by molar-refractivity contribution is 0.255. The summed E-state index contributed by atoms with van der Waals surface area (Å²) in [5.41, 5.74) is 15.6. The molecule has 224 valence electrons. The van der Waals surface area contributed by atoms with E-state index in [-0.39, 0.29) is 18.2 Å². The molecule has 0 unspecified atom stereocenters. The summed E-state index contributed by atoms with van der Waals surface area (Å²) in [5, 5.41) is 4.91. The molecule has 0 radical (unpaired) electrons. The second-order valence-corrected chi connectivity index (χ2v) is 14.3. The number of amides is 2. The molecule has 0 N–H and O–H groups in total. The van der Waals surface area contributed by atoms with Gasteiger partial charge in [-0.1, -0.05) is 121 Å². The summed E-state index contributed by atoms with van der Waals surface area (Å²) in [7, 11) is 0. The minimum Gasteiger partial charge on any atom is -0.263 e. The third kappa shape index (κ3) is 2.81. The van der Waals surface area contributed by atoms with Crippen LogP contribution in [0.4, 0.5) is 27.5 Å². The second-order valence-electron chi connectivity index (χ2n) is 14.3. The van der Waals surface area contributed by atoms with Gasteiger partial charge in [0.25, 0.3) is 0 Å². The van der Waals surface area contributed by atoms with Crippen LogP contribution in [0.15, 0.2) is 127 Å². The first-order valence-electron chi connectivity index (χ1n) is 17.3. The van der Waals surface area contributed by atoms with Gasteiger partial charge in [-0.2, -0.15) is 0 Å². The lowest BCUT2D eigenvalue weighted by atomic mass is 9.32. The Kier molecular flexibility index (Phi) is 4.59. The molecule has 3 heterocycles. The van der Waals surface area contributed by atoms with Gasteiger partial charge in [0.2, 0.25) is 6.71 Å². The van der Waals surface area contributed by atoms with Gasteiger partial charge in [0, 0.05) is 22.1 Å². The zero-order chi connectivity index (χ0) is 31.3. The molecule has 0 saturated heterocycles. The molecule has 1 saturated carbocycles. The summed E-state index contributed by atoms with van der Waals surface area (Å²) < 4.78 is 0. The van der Waals surface area contributed by atoms with E-state index in [0.717, 1.165) is 41.0 Å². The van der Waals surface area contributed by atoms with Crippen molar-refractivity contribution in [3.63, 3.8) is 0 Å². The molecule has 2 amide bonds. The van der Waals surface area contributed by atoms with Crippen molar-refractivity contribution in [1.82, 2.24) is 0 Å². The maximum Gasteiger partial charge on any atom is 0.338 e. The van der Waals surface area contributed by atoms with Crippen LogP contribution in [0.5, 0.6) is 0 Å². The number of fused-ring (bicyclic) bond motifs is 10. The number of hydrogen-bond donors (Lipinski definition) is 0. The molecule has 0 atom stereocenters. The summed E-state index contributed by atoms with van der Waals surface area (Å²) in [5.74, 6) is 0. The van der Waals surface area contributed by atoms with Crippen molar-refractivity contribution < 1.29 is 4.79 Å². The molecular formula is C44H29BN2O. The molecule has 7 aromatic rings. The van der Waals surface area contributed by atoms with Crippen LogP contribution in [0.3, 0.4) is 0 Å². The summed E-state index contributed by atoms with van der Waals surface area (Å²) in [6.45, 7) is 0.0490. The Morgan fingerprint density at radius 2 is 1.21 bits per heavy atom. The van der Waals surface area contributed by atoms with Gasteiger partial charge in [0.15, 0.2) is 0 Å². The van der Waals surface area contributed by atoms with Crippen molar-refractivity contribution in [1.29, 1.82) is 0 Å². The van der Waals surface area contributed by atoms with E-state index >= 15 is 4.79 Å². The first-order chi connectivity index (χ1) is 23.7. The topological polar surface area (TPSA) is 23.6 Å². The molecule has 1 fully saturated rings. The van der Waals surface area contributed by atoms with Crippen LogP contribution < -0.4 is 26.2 Å². The van der Waals surface area contributed by atoms with Gasteiger partial charge in [-0.25, -0.2) is 4.79 Å². The fourth-order valence-corrected chi connectivity index (χ4v) is 10.6. The van der Waals surface area contributed by atoms with Crippen molar-refractivity contribution in [2.45, 2.75) is 31.1 Å². The van der Waals surface area contributed by atoms with E-state index in [1.54, 1.807) is 0 Å². The number of urea groups is 1. The monoisotopic (exact) mass is 612 g/mol. The molecule has 4 heteroatoms. The molecule has 12 rings (SSSR count). The van der Waals surface area contributed by atoms with E-state index in [1.807, 2.05) is 4.90 Å². The van der Waals surface area contributed by atoms with Gasteiger partial charge in [-0.05, 0) is 92.0 Å². The number of benzene rings is 7. The molecule has 3 nitrogen and oxygen atoms in total. The van der Waals surface area contributed by atoms with E-state index in [0.29, 0.717) is 0 Å². The number of rotatable bonds is 1. The molecule has 1 spiro atoms. The van der Waals surface area contributed by atoms with Crippen molar-refractivity contribution in [3.8, 4) is 22.3 Å². The summed E-state index contributed by atoms with van der Waals surface area (Å²) in [6.07, 6.45) is 4.80. The van der Waals surface area contributed by atoms with Crippen LogP contribution in [0.2, 0.25) is 0 Å². The fourth-order valence-electron chi connectivity index (χ4n) is 10.6. The van der Waals surface area contributed by atoms with E-state index in [4.69, 9.17) is 0 Å². The molecule has 5 aliphatic rings. The highest BCUT2D eigenvalue weighted by Crippen LogP contribution is 2.60. The molecule has 0 aromatic heterocycles. The van der Waals surface area contributed by atoms with E-state index < -0.39 is 0 Å². The van der Waals surface area contributed by atoms with Crippen LogP contribution in [0.1, 0.15) is 36.8 Å². The Hall–Kier alpha value is -5.61. The molecular weight excluding hydrogens is 583 g/mol. The maximum absolute atomic E-state index is 15.5. The number of carbonyl (C=O) groups excluding carboxylic acids is 1. The molecule has 3 aliphatic heterocycles. The lowest BCUT2D eigenvalue weighted by Gasteiger charge is -2.45. The molecule has 7 aromatic carbocycles. The molecule has 0 bridgehead atoms. The van der Waals surface area contributed by atoms with Gasteiger partial charge in [0.05, 0.1) is 17.1 Å². The number of anilines is 4. The zero-order valence-electron chi connectivity index (χ0n) is 26.3. The highest BCUT2D eigenvalue weighted by atomic mass is 16.2. The van der Waals surface area contributed by atoms with Crippen molar-refractivity contribution in [2.24, 2.45) is 0 Å². The first kappa shape index (κ1) is 25.5. The number of hydrogen-bond acceptors (Lipinski definition) is 1. The minimum atomic E-state index is -0.00961. The maximum atomic E-state index is 15.5. The highest BCUT2D eigenvalue weighted by Gasteiger charge is 2.50. The number of nitrogens with zero attached hydrogens (tertiary/aromatic N) is 2. The lowest BCUT2D eigenvalue weighted by Crippen LogP contribution is -2.62. The van der Waals surface area contributed by atoms with Gasteiger partial charge in [-0.3, -0.25) is 9.80 Å². The van der Waals surface area contributed by atoms with Crippen molar-refractivity contribution in [2.75, 3.05) is 9.80 Å². The van der Waals surface area contributed by atoms with Gasteiger partial charge >= 0.3 is 6.03 Å². The van der Waals surface area contributed by atoms with Crippen LogP contribution in [-0.2, 0) is 5.41 Å². The van der Waals surface area contributed by atoms with Crippen LogP contribution in [0.25, 0.3) is 43.8 Å². The third-order valence-electron chi connectivity index (χ3n) is 12.3. The van der Waals surface area contributed by atoms with Crippen LogP contribution in [-0.4, -0.2) is 12.7 Å². The Labute approximate surface area is 279 Å². The average Bonchev–Trinajstić information content (AvgIpc) is 3.74. The van der Waals surface area contributed by atoms with Crippen molar-refractivity contribution in [3.05, 3.63) is 139 Å². The standard InChI is InChI=1S/C44H29BN2O/c48-43-46(37-22-10-17-32-40(37)29-14-1-2-16-31(29)44(32)23-5-6-24-44)36-21-9-13-27-25-30-28-15-7-11-26-12-8-19-34(38(26)28)45-33-18-3-4-20-35(33)47(43)42(39(27)36)41(30)45/h1-4,7-22,25H,5-6,23-24H2. The Bertz CT molecular complexity index is 2630. The number of para-hydroxylation sites is 1. The Morgan fingerprint density at radius 1 is 0.542 bits per heavy atom. The van der Waals surface area contributed by atoms with E-state index in [2.05, 4.69) is 132 Å². The van der Waals surface area contributed by atoms with E-state index in [1.165, 1.54) is 78.8 Å². The second kappa shape index (κ2) is 8.64. The molecule has 2 aliphatic carbocycles. The average molecular weight is 613 g/mol. The Morgan fingerprint density at radius 3 is 2.12 bits per heavy atom. The normalized spacial score (nSPS) is 16.9. The SMILES string of the molecule is O=C1N(c2cccc3c2-c2ccccc2C32CCCC2)c2cccc3cc4c5c(c23)N1c1ccccc1B5c1cccc2cccc-4c12. The summed E-state index contributed by atoms with van der Waals surface area (Å²) in [6, 6.07) is 46.6. The van der Waals surface area contributed by atoms with Gasteiger partial charge in [0.1, 0.15) is 0 Å². The largest absolute Gasteiger partial charge is 0.338 e.